The first-order valence-electron chi connectivity index (χ1n) is 9.00. The predicted octanol–water partition coefficient (Wildman–Crippen LogP) is 3.42. The number of methoxy groups -OCH3 is 1. The quantitative estimate of drug-likeness (QED) is 0.581. The Morgan fingerprint density at radius 2 is 2.04 bits per heavy atom. The van der Waals surface area contributed by atoms with Crippen molar-refractivity contribution in [2.45, 2.75) is 6.42 Å². The third kappa shape index (κ3) is 4.79. The van der Waals surface area contributed by atoms with Crippen LogP contribution in [-0.4, -0.2) is 35.9 Å². The van der Waals surface area contributed by atoms with Crippen LogP contribution in [0.15, 0.2) is 73.6 Å². The lowest BCUT2D eigenvalue weighted by molar-refractivity contribution is 0.0953. The molecule has 0 saturated carbocycles. The van der Waals surface area contributed by atoms with Gasteiger partial charge in [0, 0.05) is 18.3 Å². The number of rotatable bonds is 9. The minimum Gasteiger partial charge on any atom is -0.493 e. The van der Waals surface area contributed by atoms with E-state index >= 15 is 0 Å². The molecule has 1 aromatic heterocycles. The number of aromatic nitrogens is 2. The van der Waals surface area contributed by atoms with E-state index in [4.69, 9.17) is 9.47 Å². The number of carbonyl (C=O) groups excluding carboxylic acids is 1. The Labute approximate surface area is 164 Å². The van der Waals surface area contributed by atoms with E-state index in [9.17, 15) is 4.79 Å². The average Bonchev–Trinajstić information content (AvgIpc) is 3.21. The first-order valence-corrected chi connectivity index (χ1v) is 9.00. The Balaban J connectivity index is 1.56. The zero-order chi connectivity index (χ0) is 19.8. The summed E-state index contributed by atoms with van der Waals surface area (Å²) in [6.07, 6.45) is 6.13. The summed E-state index contributed by atoms with van der Waals surface area (Å²) in [6, 6.07) is 15.0. The second kappa shape index (κ2) is 9.41. The lowest BCUT2D eigenvalue weighted by Gasteiger charge is -2.11. The fourth-order valence-corrected chi connectivity index (χ4v) is 2.71. The summed E-state index contributed by atoms with van der Waals surface area (Å²) in [5.74, 6) is 0.926. The number of carbonyl (C=O) groups is 1. The Morgan fingerprint density at radius 1 is 1.21 bits per heavy atom. The molecule has 3 rings (SSSR count). The number of ether oxygens (including phenoxy) is 2. The van der Waals surface area contributed by atoms with Crippen molar-refractivity contribution in [3.63, 3.8) is 0 Å². The van der Waals surface area contributed by atoms with Crippen molar-refractivity contribution in [3.05, 3.63) is 84.7 Å². The second-order valence-electron chi connectivity index (χ2n) is 6.10. The summed E-state index contributed by atoms with van der Waals surface area (Å²) in [5, 5.41) is 7.29. The Hall–Kier alpha value is -3.54. The lowest BCUT2D eigenvalue weighted by Crippen LogP contribution is -2.25. The molecule has 0 aliphatic rings. The van der Waals surface area contributed by atoms with Gasteiger partial charge in [0.25, 0.3) is 5.91 Å². The zero-order valence-corrected chi connectivity index (χ0v) is 15.8. The van der Waals surface area contributed by atoms with Crippen LogP contribution in [0.4, 0.5) is 0 Å². The summed E-state index contributed by atoms with van der Waals surface area (Å²) in [7, 11) is 1.54. The monoisotopic (exact) mass is 377 g/mol. The molecule has 0 saturated heterocycles. The third-order valence-corrected chi connectivity index (χ3v) is 4.14. The van der Waals surface area contributed by atoms with Gasteiger partial charge in [0.1, 0.15) is 6.61 Å². The van der Waals surface area contributed by atoms with Crippen LogP contribution in [0.3, 0.4) is 0 Å². The van der Waals surface area contributed by atoms with Gasteiger partial charge in [-0.3, -0.25) is 4.79 Å². The van der Waals surface area contributed by atoms with Crippen LogP contribution >= 0.6 is 0 Å². The van der Waals surface area contributed by atoms with Crippen molar-refractivity contribution in [1.29, 1.82) is 0 Å². The van der Waals surface area contributed by atoms with E-state index in [1.807, 2.05) is 47.4 Å². The van der Waals surface area contributed by atoms with Crippen molar-refractivity contribution in [3.8, 4) is 17.2 Å². The number of hydrogen-bond donors (Lipinski definition) is 1. The molecule has 0 aliphatic heterocycles. The average molecular weight is 377 g/mol. The van der Waals surface area contributed by atoms with E-state index < -0.39 is 0 Å². The maximum absolute atomic E-state index is 12.4. The molecule has 0 bridgehead atoms. The summed E-state index contributed by atoms with van der Waals surface area (Å²) in [4.78, 5) is 12.4. The molecule has 144 valence electrons. The lowest BCUT2D eigenvalue weighted by atomic mass is 10.2. The van der Waals surface area contributed by atoms with E-state index in [2.05, 4.69) is 17.0 Å². The van der Waals surface area contributed by atoms with Crippen LogP contribution in [0.1, 0.15) is 15.9 Å². The predicted molar refractivity (Wildman–Crippen MR) is 108 cm³/mol. The molecule has 0 atom stereocenters. The van der Waals surface area contributed by atoms with Crippen molar-refractivity contribution in [1.82, 2.24) is 15.1 Å². The fraction of sp³-hybridized carbons (Fsp3) is 0.182. The number of hydrogen-bond acceptors (Lipinski definition) is 4. The van der Waals surface area contributed by atoms with E-state index in [1.165, 1.54) is 0 Å². The van der Waals surface area contributed by atoms with Gasteiger partial charge >= 0.3 is 0 Å². The Morgan fingerprint density at radius 3 is 2.79 bits per heavy atom. The number of para-hydroxylation sites is 1. The van der Waals surface area contributed by atoms with E-state index in [0.29, 0.717) is 36.6 Å². The van der Waals surface area contributed by atoms with Crippen molar-refractivity contribution >= 4 is 5.91 Å². The highest BCUT2D eigenvalue weighted by atomic mass is 16.5. The summed E-state index contributed by atoms with van der Waals surface area (Å²) in [5.41, 5.74) is 2.57. The van der Waals surface area contributed by atoms with Crippen molar-refractivity contribution in [2.75, 3.05) is 20.3 Å². The standard InChI is InChI=1S/C22H23N3O3/c1-3-13-28-20-10-9-18(14-21(20)27-2)22(26)23-12-11-17-15-24-25(16-17)19-7-5-4-6-8-19/h3-10,14-16H,1,11-13H2,2H3,(H,23,26). The van der Waals surface area contributed by atoms with Crippen LogP contribution in [0.25, 0.3) is 5.69 Å². The molecule has 6 nitrogen and oxygen atoms in total. The number of amides is 1. The molecule has 28 heavy (non-hydrogen) atoms. The van der Waals surface area contributed by atoms with Gasteiger partial charge in [-0.1, -0.05) is 30.9 Å². The molecular weight excluding hydrogens is 354 g/mol. The molecule has 2 aromatic carbocycles. The topological polar surface area (TPSA) is 65.4 Å². The number of benzene rings is 2. The summed E-state index contributed by atoms with van der Waals surface area (Å²) >= 11 is 0. The van der Waals surface area contributed by atoms with Crippen molar-refractivity contribution < 1.29 is 14.3 Å². The molecular formula is C22H23N3O3. The molecule has 1 amide bonds. The molecule has 0 aliphatic carbocycles. The van der Waals surface area contributed by atoms with E-state index in [-0.39, 0.29) is 5.91 Å². The molecule has 0 radical (unpaired) electrons. The Kier molecular flexibility index (Phi) is 6.46. The van der Waals surface area contributed by atoms with Crippen LogP contribution in [0.2, 0.25) is 0 Å². The molecule has 6 heteroatoms. The molecule has 3 aromatic rings. The SMILES string of the molecule is C=CCOc1ccc(C(=O)NCCc2cnn(-c3ccccc3)c2)cc1OC. The smallest absolute Gasteiger partial charge is 0.251 e. The van der Waals surface area contributed by atoms with E-state index in [1.54, 1.807) is 31.4 Å². The van der Waals surface area contributed by atoms with Crippen LogP contribution in [0, 0.1) is 0 Å². The molecule has 1 heterocycles. The van der Waals surface area contributed by atoms with Crippen molar-refractivity contribution in [2.24, 2.45) is 0 Å². The number of nitrogens with one attached hydrogen (secondary N) is 1. The van der Waals surface area contributed by atoms with Gasteiger partial charge < -0.3 is 14.8 Å². The highest BCUT2D eigenvalue weighted by molar-refractivity contribution is 5.94. The first-order chi connectivity index (χ1) is 13.7. The summed E-state index contributed by atoms with van der Waals surface area (Å²) in [6.45, 7) is 4.50. The van der Waals surface area contributed by atoms with Gasteiger partial charge in [-0.25, -0.2) is 4.68 Å². The van der Waals surface area contributed by atoms with Gasteiger partial charge in [-0.15, -0.1) is 0 Å². The fourth-order valence-electron chi connectivity index (χ4n) is 2.71. The second-order valence-corrected chi connectivity index (χ2v) is 6.10. The van der Waals surface area contributed by atoms with Gasteiger partial charge in [0.15, 0.2) is 11.5 Å². The largest absolute Gasteiger partial charge is 0.493 e. The van der Waals surface area contributed by atoms with Crippen LogP contribution < -0.4 is 14.8 Å². The summed E-state index contributed by atoms with van der Waals surface area (Å²) < 4.78 is 12.6. The van der Waals surface area contributed by atoms with Gasteiger partial charge in [-0.05, 0) is 42.3 Å². The normalized spacial score (nSPS) is 10.3. The van der Waals surface area contributed by atoms with Crippen LogP contribution in [-0.2, 0) is 6.42 Å². The number of nitrogens with zero attached hydrogens (tertiary/aromatic N) is 2. The molecule has 0 spiro atoms. The molecule has 0 unspecified atom stereocenters. The maximum atomic E-state index is 12.4. The highest BCUT2D eigenvalue weighted by Crippen LogP contribution is 2.28. The first kappa shape index (κ1) is 19.2. The van der Waals surface area contributed by atoms with Gasteiger partial charge in [-0.2, -0.15) is 5.10 Å². The minimum absolute atomic E-state index is 0.163. The van der Waals surface area contributed by atoms with Crippen LogP contribution in [0.5, 0.6) is 11.5 Å². The van der Waals surface area contributed by atoms with Gasteiger partial charge in [0.05, 0.1) is 19.0 Å². The highest BCUT2D eigenvalue weighted by Gasteiger charge is 2.11. The van der Waals surface area contributed by atoms with Gasteiger partial charge in [0.2, 0.25) is 0 Å². The Bertz CT molecular complexity index is 935. The molecule has 1 N–H and O–H groups in total. The maximum Gasteiger partial charge on any atom is 0.251 e. The minimum atomic E-state index is -0.163. The molecule has 0 fully saturated rings. The van der Waals surface area contributed by atoms with E-state index in [0.717, 1.165) is 11.3 Å². The zero-order valence-electron chi connectivity index (χ0n) is 15.8. The third-order valence-electron chi connectivity index (χ3n) is 4.14.